The third-order valence-corrected chi connectivity index (χ3v) is 4.97. The number of rotatable bonds is 9. The molecule has 1 N–H and O–H groups in total. The van der Waals surface area contributed by atoms with Gasteiger partial charge in [0.25, 0.3) is 0 Å². The molecule has 0 heterocycles. The molecule has 0 aromatic heterocycles. The lowest BCUT2D eigenvalue weighted by Gasteiger charge is -2.24. The van der Waals surface area contributed by atoms with Crippen LogP contribution in [0.3, 0.4) is 0 Å². The predicted octanol–water partition coefficient (Wildman–Crippen LogP) is 4.74. The second kappa shape index (κ2) is 10.9. The van der Waals surface area contributed by atoms with Gasteiger partial charge in [-0.15, -0.1) is 0 Å². The molecule has 3 aromatic rings. The van der Waals surface area contributed by atoms with Crippen LogP contribution in [0.5, 0.6) is 23.0 Å². The molecule has 7 nitrogen and oxygen atoms in total. The first-order valence-electron chi connectivity index (χ1n) is 10.0. The Labute approximate surface area is 187 Å². The van der Waals surface area contributed by atoms with Crippen LogP contribution < -0.4 is 24.3 Å². The van der Waals surface area contributed by atoms with E-state index in [9.17, 15) is 4.79 Å². The summed E-state index contributed by atoms with van der Waals surface area (Å²) in [6.07, 6.45) is -0.574. The van der Waals surface area contributed by atoms with Crippen molar-refractivity contribution in [2.24, 2.45) is 0 Å². The summed E-state index contributed by atoms with van der Waals surface area (Å²) in [4.78, 5) is 12.8. The van der Waals surface area contributed by atoms with Gasteiger partial charge < -0.3 is 29.0 Å². The molecule has 168 valence electrons. The fraction of sp³-hybridized carbons (Fsp3) is 0.240. The van der Waals surface area contributed by atoms with E-state index >= 15 is 0 Å². The number of hydrogen-bond acceptors (Lipinski definition) is 6. The van der Waals surface area contributed by atoms with Crippen molar-refractivity contribution in [3.63, 3.8) is 0 Å². The Hall–Kier alpha value is -3.87. The molecule has 1 unspecified atom stereocenters. The first-order valence-corrected chi connectivity index (χ1v) is 10.0. The van der Waals surface area contributed by atoms with Crippen molar-refractivity contribution in [3.8, 4) is 23.0 Å². The maximum absolute atomic E-state index is 12.8. The fourth-order valence-corrected chi connectivity index (χ4v) is 3.32. The molecular formula is C25H27NO6. The zero-order valence-electron chi connectivity index (χ0n) is 18.6. The van der Waals surface area contributed by atoms with Gasteiger partial charge in [-0.1, -0.05) is 42.5 Å². The maximum atomic E-state index is 12.8. The molecule has 0 fully saturated rings. The molecule has 0 saturated carbocycles. The number of amides is 1. The van der Waals surface area contributed by atoms with Gasteiger partial charge in [0.2, 0.25) is 0 Å². The van der Waals surface area contributed by atoms with Gasteiger partial charge in [-0.05, 0) is 23.3 Å². The number of nitrogens with one attached hydrogen (secondary N) is 1. The molecule has 7 heteroatoms. The largest absolute Gasteiger partial charge is 0.497 e. The number of methoxy groups -OCH3 is 4. The Kier molecular flexibility index (Phi) is 7.80. The van der Waals surface area contributed by atoms with E-state index in [1.54, 1.807) is 40.6 Å². The van der Waals surface area contributed by atoms with Crippen LogP contribution in [-0.4, -0.2) is 34.5 Å². The minimum atomic E-state index is -0.611. The van der Waals surface area contributed by atoms with E-state index in [1.807, 2.05) is 54.6 Å². The smallest absolute Gasteiger partial charge is 0.408 e. The quantitative estimate of drug-likeness (QED) is 0.521. The standard InChI is InChI=1S/C25H27NO6/c1-28-19-12-10-18(11-13-19)24(26-25(27)32-16-17-8-6-5-7-9-17)23-21(30-3)14-20(29-2)15-22(23)31-4/h5-15,24H,16H2,1-4H3,(H,26,27). The normalized spacial score (nSPS) is 11.2. The average molecular weight is 437 g/mol. The molecule has 3 aromatic carbocycles. The molecule has 0 aliphatic carbocycles. The topological polar surface area (TPSA) is 75.3 Å². The Morgan fingerprint density at radius 2 is 1.38 bits per heavy atom. The number of hydrogen-bond donors (Lipinski definition) is 1. The zero-order chi connectivity index (χ0) is 22.9. The Morgan fingerprint density at radius 1 is 0.781 bits per heavy atom. The van der Waals surface area contributed by atoms with Gasteiger partial charge in [-0.2, -0.15) is 0 Å². The first kappa shape index (κ1) is 22.8. The highest BCUT2D eigenvalue weighted by Crippen LogP contribution is 2.41. The van der Waals surface area contributed by atoms with Gasteiger partial charge in [0.15, 0.2) is 0 Å². The highest BCUT2D eigenvalue weighted by atomic mass is 16.5. The summed E-state index contributed by atoms with van der Waals surface area (Å²) in [5, 5.41) is 2.94. The van der Waals surface area contributed by atoms with E-state index in [-0.39, 0.29) is 6.61 Å². The first-order chi connectivity index (χ1) is 15.6. The average Bonchev–Trinajstić information content (AvgIpc) is 2.86. The highest BCUT2D eigenvalue weighted by Gasteiger charge is 2.26. The summed E-state index contributed by atoms with van der Waals surface area (Å²) in [5.74, 6) is 2.28. The van der Waals surface area contributed by atoms with Gasteiger partial charge in [-0.3, -0.25) is 0 Å². The summed E-state index contributed by atoms with van der Waals surface area (Å²) >= 11 is 0. The van der Waals surface area contributed by atoms with Crippen LogP contribution in [0.4, 0.5) is 4.79 Å². The van der Waals surface area contributed by atoms with Crippen LogP contribution in [-0.2, 0) is 11.3 Å². The molecule has 1 amide bonds. The maximum Gasteiger partial charge on any atom is 0.408 e. The number of benzene rings is 3. The van der Waals surface area contributed by atoms with Crippen LogP contribution in [0.25, 0.3) is 0 Å². The molecule has 0 saturated heterocycles. The lowest BCUT2D eigenvalue weighted by molar-refractivity contribution is 0.137. The van der Waals surface area contributed by atoms with E-state index in [0.29, 0.717) is 28.6 Å². The van der Waals surface area contributed by atoms with Crippen LogP contribution in [0.2, 0.25) is 0 Å². The van der Waals surface area contributed by atoms with Crippen LogP contribution in [0, 0.1) is 0 Å². The Balaban J connectivity index is 1.96. The number of carbonyl (C=O) groups is 1. The molecule has 1 atom stereocenters. The predicted molar refractivity (Wildman–Crippen MR) is 121 cm³/mol. The Morgan fingerprint density at radius 3 is 1.91 bits per heavy atom. The van der Waals surface area contributed by atoms with Crippen molar-refractivity contribution in [2.75, 3.05) is 28.4 Å². The number of ether oxygens (including phenoxy) is 5. The SMILES string of the molecule is COc1ccc(C(NC(=O)OCc2ccccc2)c2c(OC)cc(OC)cc2OC)cc1. The fourth-order valence-electron chi connectivity index (χ4n) is 3.32. The van der Waals surface area contributed by atoms with Gasteiger partial charge in [0, 0.05) is 12.1 Å². The van der Waals surface area contributed by atoms with E-state index < -0.39 is 12.1 Å². The molecule has 0 aliphatic rings. The third kappa shape index (κ3) is 5.43. The van der Waals surface area contributed by atoms with Gasteiger partial charge in [0.1, 0.15) is 29.6 Å². The van der Waals surface area contributed by atoms with Crippen molar-refractivity contribution in [2.45, 2.75) is 12.6 Å². The van der Waals surface area contributed by atoms with E-state index in [4.69, 9.17) is 23.7 Å². The summed E-state index contributed by atoms with van der Waals surface area (Å²) in [5.41, 5.74) is 2.32. The highest BCUT2D eigenvalue weighted by molar-refractivity contribution is 5.70. The van der Waals surface area contributed by atoms with E-state index in [1.165, 1.54) is 0 Å². The molecular weight excluding hydrogens is 410 g/mol. The second-order valence-corrected chi connectivity index (χ2v) is 6.86. The van der Waals surface area contributed by atoms with Gasteiger partial charge in [-0.25, -0.2) is 4.79 Å². The molecule has 0 bridgehead atoms. The zero-order valence-corrected chi connectivity index (χ0v) is 18.6. The van der Waals surface area contributed by atoms with Crippen molar-refractivity contribution in [1.29, 1.82) is 0 Å². The van der Waals surface area contributed by atoms with Gasteiger partial charge >= 0.3 is 6.09 Å². The van der Waals surface area contributed by atoms with E-state index in [0.717, 1.165) is 11.1 Å². The van der Waals surface area contributed by atoms with Crippen molar-refractivity contribution >= 4 is 6.09 Å². The summed E-state index contributed by atoms with van der Waals surface area (Å²) in [7, 11) is 6.27. The lowest BCUT2D eigenvalue weighted by atomic mass is 9.96. The number of carbonyl (C=O) groups excluding carboxylic acids is 1. The summed E-state index contributed by atoms with van der Waals surface area (Å²) in [6.45, 7) is 0.152. The lowest BCUT2D eigenvalue weighted by Crippen LogP contribution is -2.30. The summed E-state index contributed by atoms with van der Waals surface area (Å²) < 4.78 is 27.3. The third-order valence-electron chi connectivity index (χ3n) is 4.97. The molecule has 3 rings (SSSR count). The van der Waals surface area contributed by atoms with Crippen molar-refractivity contribution in [3.05, 3.63) is 83.4 Å². The monoisotopic (exact) mass is 437 g/mol. The van der Waals surface area contributed by atoms with Crippen LogP contribution in [0.1, 0.15) is 22.7 Å². The molecule has 0 aliphatic heterocycles. The summed E-state index contributed by atoms with van der Waals surface area (Å²) in [6, 6.07) is 19.7. The molecule has 0 radical (unpaired) electrons. The number of alkyl carbamates (subject to hydrolysis) is 1. The van der Waals surface area contributed by atoms with Crippen molar-refractivity contribution in [1.82, 2.24) is 5.32 Å². The molecule has 32 heavy (non-hydrogen) atoms. The second-order valence-electron chi connectivity index (χ2n) is 6.86. The Bertz CT molecular complexity index is 995. The van der Waals surface area contributed by atoms with E-state index in [2.05, 4.69) is 5.32 Å². The van der Waals surface area contributed by atoms with Crippen LogP contribution in [0.15, 0.2) is 66.7 Å². The van der Waals surface area contributed by atoms with Crippen molar-refractivity contribution < 1.29 is 28.5 Å². The molecule has 0 spiro atoms. The minimum absolute atomic E-state index is 0.152. The van der Waals surface area contributed by atoms with Crippen LogP contribution >= 0.6 is 0 Å². The minimum Gasteiger partial charge on any atom is -0.497 e. The van der Waals surface area contributed by atoms with Gasteiger partial charge in [0.05, 0.1) is 40.0 Å².